The first kappa shape index (κ1) is 19.5. The number of methoxy groups -OCH3 is 1. The van der Waals surface area contributed by atoms with Gasteiger partial charge in [-0.2, -0.15) is 0 Å². The van der Waals surface area contributed by atoms with Crippen LogP contribution in [0.15, 0.2) is 12.1 Å². The second-order valence-corrected chi connectivity index (χ2v) is 6.10. The van der Waals surface area contributed by atoms with Gasteiger partial charge in [-0.1, -0.05) is 36.3 Å². The lowest BCUT2D eigenvalue weighted by molar-refractivity contribution is 0.102. The number of carbonyl (C=O) groups excluding carboxylic acids is 1. The Bertz CT molecular complexity index is 679. The van der Waals surface area contributed by atoms with Crippen LogP contribution in [0.3, 0.4) is 0 Å². The van der Waals surface area contributed by atoms with Gasteiger partial charge in [-0.15, -0.1) is 22.6 Å². The molecule has 0 radical (unpaired) electrons. The van der Waals surface area contributed by atoms with Crippen molar-refractivity contribution < 1.29 is 9.53 Å². The number of ether oxygens (including phenoxy) is 1. The zero-order valence-electron chi connectivity index (χ0n) is 12.8. The number of nitrogen functional groups attached to an aromatic ring is 1. The third kappa shape index (κ3) is 4.95. The number of aromatic nitrogens is 2. The molecular formula is C14H18Cl2N4O2S. The maximum atomic E-state index is 12.3. The Labute approximate surface area is 149 Å². The molecule has 2 rings (SSSR count). The average molecular weight is 377 g/mol. The fourth-order valence-corrected chi connectivity index (χ4v) is 2.75. The van der Waals surface area contributed by atoms with Crippen molar-refractivity contribution in [2.24, 2.45) is 0 Å². The molecule has 0 spiro atoms. The molecule has 0 bridgehead atoms. The summed E-state index contributed by atoms with van der Waals surface area (Å²) >= 11 is 7.33. The number of amides is 1. The first-order chi connectivity index (χ1) is 10.5. The molecule has 1 aromatic carbocycles. The van der Waals surface area contributed by atoms with Gasteiger partial charge in [0.25, 0.3) is 5.91 Å². The molecule has 23 heavy (non-hydrogen) atoms. The van der Waals surface area contributed by atoms with Gasteiger partial charge in [0, 0.05) is 12.5 Å². The molecule has 1 heterocycles. The monoisotopic (exact) mass is 376 g/mol. The van der Waals surface area contributed by atoms with Crippen LogP contribution in [0.1, 0.15) is 35.1 Å². The number of unbranched alkanes of at least 4 members (excludes halogenated alkanes) is 1. The minimum atomic E-state index is -0.364. The van der Waals surface area contributed by atoms with Crippen LogP contribution in [0.2, 0.25) is 5.02 Å². The van der Waals surface area contributed by atoms with E-state index in [4.69, 9.17) is 22.1 Å². The Balaban J connectivity index is 0.00000264. The van der Waals surface area contributed by atoms with Gasteiger partial charge in [-0.05, 0) is 12.5 Å². The van der Waals surface area contributed by atoms with Gasteiger partial charge in [-0.25, -0.2) is 0 Å². The lowest BCUT2D eigenvalue weighted by Gasteiger charge is -2.09. The minimum Gasteiger partial charge on any atom is -0.496 e. The Morgan fingerprint density at radius 3 is 2.83 bits per heavy atom. The number of nitrogens with zero attached hydrogens (tertiary/aromatic N) is 2. The van der Waals surface area contributed by atoms with Crippen molar-refractivity contribution in [3.8, 4) is 5.75 Å². The molecule has 6 nitrogen and oxygen atoms in total. The summed E-state index contributed by atoms with van der Waals surface area (Å²) in [6.07, 6.45) is 2.99. The summed E-state index contributed by atoms with van der Waals surface area (Å²) in [5.74, 6) is -0.00735. The summed E-state index contributed by atoms with van der Waals surface area (Å²) in [5.41, 5.74) is 6.36. The van der Waals surface area contributed by atoms with Gasteiger partial charge < -0.3 is 10.5 Å². The standard InChI is InChI=1S/C14H17ClN4O2S.ClH/c1-3-4-5-12-18-19-14(22-12)17-13(20)8-6-9(15)10(16)7-11(8)21-2;/h6-7H,3-5,16H2,1-2H3,(H,17,19,20);1H. The molecule has 0 saturated carbocycles. The predicted octanol–water partition coefficient (Wildman–Crippen LogP) is 3.80. The zero-order valence-corrected chi connectivity index (χ0v) is 15.1. The molecule has 0 unspecified atom stereocenters. The molecule has 0 saturated heterocycles. The molecule has 0 atom stereocenters. The summed E-state index contributed by atoms with van der Waals surface area (Å²) in [5, 5.41) is 12.4. The van der Waals surface area contributed by atoms with E-state index in [0.717, 1.165) is 24.3 Å². The number of aryl methyl sites for hydroxylation is 1. The van der Waals surface area contributed by atoms with E-state index < -0.39 is 0 Å². The maximum absolute atomic E-state index is 12.3. The quantitative estimate of drug-likeness (QED) is 0.748. The van der Waals surface area contributed by atoms with Crippen LogP contribution in [0.4, 0.5) is 10.8 Å². The van der Waals surface area contributed by atoms with Crippen LogP contribution in [-0.2, 0) is 6.42 Å². The summed E-state index contributed by atoms with van der Waals surface area (Å²) in [6, 6.07) is 2.99. The summed E-state index contributed by atoms with van der Waals surface area (Å²) in [7, 11) is 1.47. The number of nitrogens with two attached hydrogens (primary N) is 1. The fourth-order valence-electron chi connectivity index (χ4n) is 1.81. The first-order valence-electron chi connectivity index (χ1n) is 6.81. The summed E-state index contributed by atoms with van der Waals surface area (Å²) in [4.78, 5) is 12.3. The van der Waals surface area contributed by atoms with Crippen LogP contribution in [-0.4, -0.2) is 23.2 Å². The number of carbonyl (C=O) groups is 1. The van der Waals surface area contributed by atoms with E-state index >= 15 is 0 Å². The van der Waals surface area contributed by atoms with Gasteiger partial charge in [-0.3, -0.25) is 10.1 Å². The molecule has 9 heteroatoms. The lowest BCUT2D eigenvalue weighted by Crippen LogP contribution is -2.13. The molecule has 2 aromatic rings. The average Bonchev–Trinajstić information content (AvgIpc) is 2.94. The SMILES string of the molecule is CCCCc1nnc(NC(=O)c2cc(Cl)c(N)cc2OC)s1.Cl. The van der Waals surface area contributed by atoms with Gasteiger partial charge >= 0.3 is 0 Å². The largest absolute Gasteiger partial charge is 0.496 e. The van der Waals surface area contributed by atoms with Crippen molar-refractivity contribution in [1.29, 1.82) is 0 Å². The van der Waals surface area contributed by atoms with E-state index in [1.165, 1.54) is 30.6 Å². The molecule has 0 aliphatic carbocycles. The summed E-state index contributed by atoms with van der Waals surface area (Å²) in [6.45, 7) is 2.11. The molecule has 1 amide bonds. The Morgan fingerprint density at radius 1 is 1.43 bits per heavy atom. The number of nitrogens with one attached hydrogen (secondary N) is 1. The van der Waals surface area contributed by atoms with Crippen molar-refractivity contribution in [2.45, 2.75) is 26.2 Å². The Morgan fingerprint density at radius 2 is 2.17 bits per heavy atom. The highest BCUT2D eigenvalue weighted by Crippen LogP contribution is 2.29. The van der Waals surface area contributed by atoms with Crippen LogP contribution < -0.4 is 15.8 Å². The zero-order chi connectivity index (χ0) is 16.1. The lowest BCUT2D eigenvalue weighted by atomic mass is 10.1. The molecular weight excluding hydrogens is 359 g/mol. The van der Waals surface area contributed by atoms with Crippen LogP contribution >= 0.6 is 35.3 Å². The third-order valence-electron chi connectivity index (χ3n) is 2.99. The van der Waals surface area contributed by atoms with Gasteiger partial charge in [0.1, 0.15) is 10.8 Å². The molecule has 126 valence electrons. The summed E-state index contributed by atoms with van der Waals surface area (Å²) < 4.78 is 5.17. The number of halogens is 2. The van der Waals surface area contributed by atoms with E-state index in [1.807, 2.05) is 0 Å². The Kier molecular flexibility index (Phi) is 7.54. The van der Waals surface area contributed by atoms with Crippen molar-refractivity contribution in [3.63, 3.8) is 0 Å². The number of rotatable bonds is 6. The number of hydrogen-bond acceptors (Lipinski definition) is 6. The van der Waals surface area contributed by atoms with Crippen molar-refractivity contribution >= 4 is 52.1 Å². The van der Waals surface area contributed by atoms with E-state index in [-0.39, 0.29) is 18.3 Å². The van der Waals surface area contributed by atoms with Crippen molar-refractivity contribution in [3.05, 3.63) is 27.7 Å². The van der Waals surface area contributed by atoms with Crippen LogP contribution in [0, 0.1) is 0 Å². The number of benzene rings is 1. The van der Waals surface area contributed by atoms with E-state index in [0.29, 0.717) is 27.2 Å². The second-order valence-electron chi connectivity index (χ2n) is 4.63. The maximum Gasteiger partial charge on any atom is 0.261 e. The predicted molar refractivity (Wildman–Crippen MR) is 96.1 cm³/mol. The van der Waals surface area contributed by atoms with Crippen molar-refractivity contribution in [1.82, 2.24) is 10.2 Å². The second kappa shape index (κ2) is 8.90. The van der Waals surface area contributed by atoms with Crippen molar-refractivity contribution in [2.75, 3.05) is 18.2 Å². The minimum absolute atomic E-state index is 0. The highest BCUT2D eigenvalue weighted by Gasteiger charge is 2.17. The third-order valence-corrected chi connectivity index (χ3v) is 4.22. The van der Waals surface area contributed by atoms with Gasteiger partial charge in [0.2, 0.25) is 5.13 Å². The normalized spacial score (nSPS) is 10.0. The van der Waals surface area contributed by atoms with Crippen LogP contribution in [0.5, 0.6) is 5.75 Å². The van der Waals surface area contributed by atoms with E-state index in [9.17, 15) is 4.79 Å². The number of anilines is 2. The highest BCUT2D eigenvalue weighted by molar-refractivity contribution is 7.15. The van der Waals surface area contributed by atoms with E-state index in [1.54, 1.807) is 0 Å². The molecule has 1 aromatic heterocycles. The van der Waals surface area contributed by atoms with Crippen LogP contribution in [0.25, 0.3) is 0 Å². The molecule has 0 aliphatic heterocycles. The molecule has 0 aliphatic rings. The van der Waals surface area contributed by atoms with Gasteiger partial charge in [0.05, 0.1) is 23.4 Å². The highest BCUT2D eigenvalue weighted by atomic mass is 35.5. The smallest absolute Gasteiger partial charge is 0.261 e. The topological polar surface area (TPSA) is 90.1 Å². The molecule has 3 N–H and O–H groups in total. The molecule has 0 fully saturated rings. The van der Waals surface area contributed by atoms with E-state index in [2.05, 4.69) is 22.4 Å². The Hall–Kier alpha value is -1.57. The van der Waals surface area contributed by atoms with Gasteiger partial charge in [0.15, 0.2) is 0 Å². The fraction of sp³-hybridized carbons (Fsp3) is 0.357. The number of hydrogen-bond donors (Lipinski definition) is 2. The first-order valence-corrected chi connectivity index (χ1v) is 8.01.